The lowest BCUT2D eigenvalue weighted by atomic mass is 9.34. The standard InChI is InChI=1S/C61H52BN3/c1-59(2,3)39-25-29-41(30-26-39)63(42-31-27-40(28-32-42)60(4,5)6)43-35-52-55-53(36-43)65-57-47(54-58(65)46-20-12-14-22-48(46)61(54,7)8)33-38(37-17-10-9-11-18-37)34-50(57)62(55)49-23-16-21-45-44-19-13-15-24-51(44)64(52)56(45)49/h9-36H,1-8H3. The summed E-state index contributed by atoms with van der Waals surface area (Å²) in [6.45, 7) is 18.7. The van der Waals surface area contributed by atoms with Crippen molar-refractivity contribution in [2.24, 2.45) is 0 Å². The average Bonchev–Trinajstić information content (AvgIpc) is 3.92. The lowest BCUT2D eigenvalue weighted by molar-refractivity contribution is 0.590. The van der Waals surface area contributed by atoms with Gasteiger partial charge in [-0.2, -0.15) is 0 Å². The molecule has 0 fully saturated rings. The Labute approximate surface area is 382 Å². The average molecular weight is 838 g/mol. The fourth-order valence-corrected chi connectivity index (χ4v) is 12.0. The van der Waals surface area contributed by atoms with Crippen LogP contribution in [0.4, 0.5) is 17.1 Å². The van der Waals surface area contributed by atoms with Crippen molar-refractivity contribution < 1.29 is 0 Å². The Morgan fingerprint density at radius 2 is 1.06 bits per heavy atom. The van der Waals surface area contributed by atoms with Crippen LogP contribution in [0.5, 0.6) is 0 Å². The largest absolute Gasteiger partial charge is 0.310 e. The van der Waals surface area contributed by atoms with Crippen LogP contribution < -0.4 is 21.3 Å². The number of rotatable bonds is 4. The van der Waals surface area contributed by atoms with Gasteiger partial charge in [0.05, 0.1) is 16.9 Å². The molecule has 0 saturated carbocycles. The van der Waals surface area contributed by atoms with Gasteiger partial charge >= 0.3 is 0 Å². The molecule has 0 N–H and O–H groups in total. The summed E-state index contributed by atoms with van der Waals surface area (Å²) >= 11 is 0. The van der Waals surface area contributed by atoms with E-state index in [1.54, 1.807) is 0 Å². The van der Waals surface area contributed by atoms with Crippen molar-refractivity contribution in [2.75, 3.05) is 4.90 Å². The molecule has 0 bridgehead atoms. The van der Waals surface area contributed by atoms with E-state index in [9.17, 15) is 0 Å². The molecule has 3 aliphatic rings. The highest BCUT2D eigenvalue weighted by molar-refractivity contribution is 7.00. The van der Waals surface area contributed by atoms with E-state index in [2.05, 4.69) is 239 Å². The quantitative estimate of drug-likeness (QED) is 0.161. The number of hydrogen-bond donors (Lipinski definition) is 0. The second kappa shape index (κ2) is 13.0. The van der Waals surface area contributed by atoms with E-state index in [1.165, 1.54) is 105 Å². The van der Waals surface area contributed by atoms with Crippen LogP contribution in [0, 0.1) is 0 Å². The molecule has 10 aromatic rings. The summed E-state index contributed by atoms with van der Waals surface area (Å²) in [4.78, 5) is 2.50. The molecule has 65 heavy (non-hydrogen) atoms. The van der Waals surface area contributed by atoms with E-state index < -0.39 is 0 Å². The molecule has 1 aliphatic carbocycles. The zero-order valence-electron chi connectivity index (χ0n) is 38.6. The normalized spacial score (nSPS) is 14.2. The summed E-state index contributed by atoms with van der Waals surface area (Å²) in [5.41, 5.74) is 24.4. The van der Waals surface area contributed by atoms with Crippen LogP contribution in [-0.4, -0.2) is 15.8 Å². The Balaban J connectivity index is 1.20. The van der Waals surface area contributed by atoms with Crippen LogP contribution in [0.25, 0.3) is 66.5 Å². The first-order valence-electron chi connectivity index (χ1n) is 23.4. The van der Waals surface area contributed by atoms with Crippen molar-refractivity contribution >= 4 is 72.9 Å². The van der Waals surface area contributed by atoms with Gasteiger partial charge in [0, 0.05) is 60.9 Å². The van der Waals surface area contributed by atoms with E-state index in [4.69, 9.17) is 0 Å². The third kappa shape index (κ3) is 5.26. The monoisotopic (exact) mass is 837 g/mol. The summed E-state index contributed by atoms with van der Waals surface area (Å²) < 4.78 is 5.30. The highest BCUT2D eigenvalue weighted by Crippen LogP contribution is 2.55. The molecule has 0 atom stereocenters. The molecular formula is C61H52BN3. The van der Waals surface area contributed by atoms with Gasteiger partial charge in [-0.15, -0.1) is 0 Å². The first-order chi connectivity index (χ1) is 31.3. The molecule has 0 radical (unpaired) electrons. The zero-order valence-corrected chi connectivity index (χ0v) is 38.6. The van der Waals surface area contributed by atoms with Gasteiger partial charge in [-0.1, -0.05) is 177 Å². The van der Waals surface area contributed by atoms with E-state index in [-0.39, 0.29) is 23.0 Å². The summed E-state index contributed by atoms with van der Waals surface area (Å²) in [5.74, 6) is 0. The Morgan fingerprint density at radius 1 is 0.477 bits per heavy atom. The third-order valence-corrected chi connectivity index (χ3v) is 15.2. The first-order valence-corrected chi connectivity index (χ1v) is 23.4. The number of benzene rings is 8. The molecule has 0 saturated heterocycles. The van der Waals surface area contributed by atoms with Crippen LogP contribution in [-0.2, 0) is 16.2 Å². The Kier molecular flexibility index (Phi) is 7.71. The van der Waals surface area contributed by atoms with Crippen LogP contribution in [0.1, 0.15) is 77.6 Å². The summed E-state index contributed by atoms with van der Waals surface area (Å²) in [7, 11) is 0. The van der Waals surface area contributed by atoms with Gasteiger partial charge in [0.15, 0.2) is 0 Å². The molecule has 2 aromatic heterocycles. The van der Waals surface area contributed by atoms with Crippen molar-refractivity contribution in [3.63, 3.8) is 0 Å². The van der Waals surface area contributed by atoms with E-state index in [0.29, 0.717) is 0 Å². The Hall–Kier alpha value is -7.04. The van der Waals surface area contributed by atoms with E-state index in [1.807, 2.05) is 0 Å². The highest BCUT2D eigenvalue weighted by atomic mass is 15.2. The molecular weight excluding hydrogens is 786 g/mol. The minimum absolute atomic E-state index is 0.0206. The number of nitrogens with zero attached hydrogens (tertiary/aromatic N) is 3. The molecule has 13 rings (SSSR count). The van der Waals surface area contributed by atoms with Crippen LogP contribution in [0.2, 0.25) is 0 Å². The SMILES string of the molecule is CC(C)(C)c1ccc(N(c2ccc(C(C)(C)C)cc2)c2cc3c4c(c2)-n2c5ccccc5c5cccc(c52)B4c2cc(-c4ccccc4)cc4c5c(n-3c24)-c2ccccc2C5(C)C)cc1. The Morgan fingerprint density at radius 3 is 1.74 bits per heavy atom. The minimum Gasteiger partial charge on any atom is -0.310 e. The molecule has 0 amide bonds. The van der Waals surface area contributed by atoms with Crippen LogP contribution >= 0.6 is 0 Å². The van der Waals surface area contributed by atoms with Crippen molar-refractivity contribution in [1.29, 1.82) is 0 Å². The maximum atomic E-state index is 2.70. The first kappa shape index (κ1) is 38.4. The third-order valence-electron chi connectivity index (χ3n) is 15.2. The lowest BCUT2D eigenvalue weighted by Gasteiger charge is -2.36. The molecule has 8 aromatic carbocycles. The van der Waals surface area contributed by atoms with Crippen molar-refractivity contribution in [1.82, 2.24) is 9.13 Å². The number of hydrogen-bond acceptors (Lipinski definition) is 1. The molecule has 3 nitrogen and oxygen atoms in total. The second-order valence-electron chi connectivity index (χ2n) is 21.4. The van der Waals surface area contributed by atoms with Crippen molar-refractivity contribution in [3.05, 3.63) is 192 Å². The minimum atomic E-state index is -0.209. The predicted octanol–water partition coefficient (Wildman–Crippen LogP) is 13.9. The van der Waals surface area contributed by atoms with Crippen molar-refractivity contribution in [2.45, 2.75) is 71.6 Å². The molecule has 0 unspecified atom stereocenters. The van der Waals surface area contributed by atoms with Gasteiger partial charge in [0.1, 0.15) is 0 Å². The van der Waals surface area contributed by atoms with Gasteiger partial charge in [0.25, 0.3) is 6.71 Å². The summed E-state index contributed by atoms with van der Waals surface area (Å²) in [6, 6.07) is 65.0. The summed E-state index contributed by atoms with van der Waals surface area (Å²) in [5, 5.41) is 3.94. The zero-order chi connectivity index (χ0) is 44.3. The van der Waals surface area contributed by atoms with E-state index in [0.717, 1.165) is 17.1 Å². The number of para-hydroxylation sites is 2. The predicted molar refractivity (Wildman–Crippen MR) is 277 cm³/mol. The second-order valence-corrected chi connectivity index (χ2v) is 21.4. The maximum absolute atomic E-state index is 2.70. The molecule has 4 heterocycles. The number of aromatic nitrogens is 2. The van der Waals surface area contributed by atoms with Gasteiger partial charge in [0.2, 0.25) is 0 Å². The van der Waals surface area contributed by atoms with Crippen LogP contribution in [0.3, 0.4) is 0 Å². The fraction of sp³-hybridized carbons (Fsp3) is 0.180. The smallest absolute Gasteiger partial charge is 0.252 e. The fourth-order valence-electron chi connectivity index (χ4n) is 12.0. The topological polar surface area (TPSA) is 13.1 Å². The Bertz CT molecular complexity index is 3570. The molecule has 2 aliphatic heterocycles. The number of fused-ring (bicyclic) bond motifs is 12. The van der Waals surface area contributed by atoms with Gasteiger partial charge in [-0.05, 0) is 109 Å². The highest BCUT2D eigenvalue weighted by Gasteiger charge is 2.47. The molecule has 4 heteroatoms. The number of anilines is 3. The maximum Gasteiger partial charge on any atom is 0.252 e. The molecule has 0 spiro atoms. The molecule has 314 valence electrons. The summed E-state index contributed by atoms with van der Waals surface area (Å²) in [6.07, 6.45) is 0. The van der Waals surface area contributed by atoms with Crippen LogP contribution in [0.15, 0.2) is 170 Å². The van der Waals surface area contributed by atoms with Gasteiger partial charge in [-0.25, -0.2) is 0 Å². The van der Waals surface area contributed by atoms with Crippen molar-refractivity contribution in [3.8, 4) is 33.8 Å². The van der Waals surface area contributed by atoms with Gasteiger partial charge < -0.3 is 14.0 Å². The lowest BCUT2D eigenvalue weighted by Crippen LogP contribution is -2.59. The van der Waals surface area contributed by atoms with Gasteiger partial charge in [-0.3, -0.25) is 0 Å². The van der Waals surface area contributed by atoms with E-state index >= 15 is 0 Å².